The molecule has 0 saturated carbocycles. The highest BCUT2D eigenvalue weighted by molar-refractivity contribution is 14.1. The number of benzene rings is 1. The van der Waals surface area contributed by atoms with Crippen molar-refractivity contribution in [3.8, 4) is 11.5 Å². The van der Waals surface area contributed by atoms with Crippen molar-refractivity contribution < 1.29 is 29.3 Å². The molecule has 1 aliphatic heterocycles. The molecule has 19 heavy (non-hydrogen) atoms. The Morgan fingerprint density at radius 3 is 2.68 bits per heavy atom. The van der Waals surface area contributed by atoms with E-state index in [9.17, 15) is 9.59 Å². The number of ether oxygens (including phenoxy) is 2. The number of carbonyl (C=O) groups is 2. The number of aliphatic carboxylic acids is 2. The normalized spacial score (nSPS) is 13.4. The van der Waals surface area contributed by atoms with E-state index in [1.807, 2.05) is 22.6 Å². The third-order valence-electron chi connectivity index (χ3n) is 2.45. The molecule has 0 bridgehead atoms. The minimum absolute atomic E-state index is 0.124. The number of hydrogen-bond donors (Lipinski definition) is 2. The number of fused-ring (bicyclic) bond motifs is 1. The van der Waals surface area contributed by atoms with Gasteiger partial charge >= 0.3 is 11.9 Å². The van der Waals surface area contributed by atoms with Gasteiger partial charge in [0.25, 0.3) is 0 Å². The van der Waals surface area contributed by atoms with Gasteiger partial charge in [0.1, 0.15) is 0 Å². The molecule has 1 heterocycles. The second kappa shape index (κ2) is 5.47. The van der Waals surface area contributed by atoms with E-state index in [1.165, 1.54) is 6.08 Å². The second-order valence-electron chi connectivity index (χ2n) is 3.75. The van der Waals surface area contributed by atoms with E-state index in [0.29, 0.717) is 20.6 Å². The summed E-state index contributed by atoms with van der Waals surface area (Å²) in [6, 6.07) is 3.33. The molecular weight excluding hydrogens is 367 g/mol. The quantitative estimate of drug-likeness (QED) is 0.617. The third-order valence-corrected chi connectivity index (χ3v) is 3.57. The molecule has 0 spiro atoms. The van der Waals surface area contributed by atoms with Gasteiger partial charge in [-0.2, -0.15) is 0 Å². The first-order valence-electron chi connectivity index (χ1n) is 5.23. The van der Waals surface area contributed by atoms with Gasteiger partial charge in [-0.05, 0) is 46.4 Å². The summed E-state index contributed by atoms with van der Waals surface area (Å²) in [7, 11) is 0. The van der Waals surface area contributed by atoms with E-state index in [2.05, 4.69) is 0 Å². The summed E-state index contributed by atoms with van der Waals surface area (Å²) in [6.45, 7) is 0.124. The van der Waals surface area contributed by atoms with Gasteiger partial charge in [0.05, 0.1) is 9.99 Å². The SMILES string of the molecule is O=C(O)C/C(=C/c1ccc2c(c1I)OCO2)C(=O)O. The number of carboxylic acid groups (broad SMARTS) is 2. The summed E-state index contributed by atoms with van der Waals surface area (Å²) in [5.74, 6) is -1.30. The van der Waals surface area contributed by atoms with E-state index in [-0.39, 0.29) is 12.4 Å². The van der Waals surface area contributed by atoms with Gasteiger partial charge in [-0.15, -0.1) is 0 Å². The molecule has 0 unspecified atom stereocenters. The first-order valence-corrected chi connectivity index (χ1v) is 6.30. The van der Waals surface area contributed by atoms with E-state index in [4.69, 9.17) is 19.7 Å². The topological polar surface area (TPSA) is 93.1 Å². The molecule has 1 aliphatic rings. The Bertz CT molecular complexity index is 578. The summed E-state index contributed by atoms with van der Waals surface area (Å²) in [6.07, 6.45) is 0.792. The monoisotopic (exact) mass is 376 g/mol. The standard InChI is InChI=1S/C12H9IO6/c13-10-6(1-2-8-11(10)19-5-18-8)3-7(12(16)17)4-9(14)15/h1-3H,4-5H2,(H,14,15)(H,16,17)/b7-3-. The molecule has 1 aromatic rings. The molecule has 6 nitrogen and oxygen atoms in total. The Morgan fingerprint density at radius 2 is 2.05 bits per heavy atom. The Morgan fingerprint density at radius 1 is 1.32 bits per heavy atom. The van der Waals surface area contributed by atoms with Crippen molar-refractivity contribution in [3.05, 3.63) is 26.8 Å². The summed E-state index contributed by atoms with van der Waals surface area (Å²) in [4.78, 5) is 21.6. The maximum atomic E-state index is 11.0. The van der Waals surface area contributed by atoms with Crippen LogP contribution in [0.1, 0.15) is 12.0 Å². The molecule has 7 heteroatoms. The average molecular weight is 376 g/mol. The van der Waals surface area contributed by atoms with Crippen LogP contribution in [-0.2, 0) is 9.59 Å². The van der Waals surface area contributed by atoms with Crippen LogP contribution in [0.5, 0.6) is 11.5 Å². The van der Waals surface area contributed by atoms with Gasteiger partial charge in [-0.3, -0.25) is 4.79 Å². The smallest absolute Gasteiger partial charge is 0.332 e. The highest BCUT2D eigenvalue weighted by Gasteiger charge is 2.20. The van der Waals surface area contributed by atoms with Gasteiger partial charge in [0, 0.05) is 5.57 Å². The van der Waals surface area contributed by atoms with Crippen LogP contribution >= 0.6 is 22.6 Å². The van der Waals surface area contributed by atoms with Crippen molar-refractivity contribution in [2.24, 2.45) is 0 Å². The second-order valence-corrected chi connectivity index (χ2v) is 4.83. The first kappa shape index (κ1) is 13.7. The number of halogens is 1. The lowest BCUT2D eigenvalue weighted by atomic mass is 10.1. The highest BCUT2D eigenvalue weighted by Crippen LogP contribution is 2.38. The Labute approximate surface area is 121 Å². The van der Waals surface area contributed by atoms with Crippen LogP contribution in [0.2, 0.25) is 0 Å². The van der Waals surface area contributed by atoms with Crippen LogP contribution in [0, 0.1) is 3.57 Å². The minimum Gasteiger partial charge on any atom is -0.481 e. The lowest BCUT2D eigenvalue weighted by molar-refractivity contribution is -0.139. The predicted octanol–water partition coefficient (Wildman–Crippen LogP) is 1.96. The predicted molar refractivity (Wildman–Crippen MR) is 73.1 cm³/mol. The molecule has 0 fully saturated rings. The molecule has 2 N–H and O–H groups in total. The number of hydrogen-bond acceptors (Lipinski definition) is 4. The van der Waals surface area contributed by atoms with E-state index in [1.54, 1.807) is 12.1 Å². The lowest BCUT2D eigenvalue weighted by Crippen LogP contribution is -2.06. The maximum absolute atomic E-state index is 11.0. The first-order chi connectivity index (χ1) is 8.99. The molecule has 0 amide bonds. The van der Waals surface area contributed by atoms with Crippen molar-refractivity contribution in [2.45, 2.75) is 6.42 Å². The average Bonchev–Trinajstić information content (AvgIpc) is 2.79. The molecule has 0 saturated heterocycles. The van der Waals surface area contributed by atoms with Gasteiger partial charge in [-0.25, -0.2) is 4.79 Å². The number of rotatable bonds is 4. The van der Waals surface area contributed by atoms with Crippen LogP contribution in [0.4, 0.5) is 0 Å². The van der Waals surface area contributed by atoms with Crippen molar-refractivity contribution >= 4 is 40.6 Å². The Balaban J connectivity index is 2.41. The lowest BCUT2D eigenvalue weighted by Gasteiger charge is -2.05. The van der Waals surface area contributed by atoms with Crippen molar-refractivity contribution in [2.75, 3.05) is 6.79 Å². The summed E-state index contributed by atoms with van der Waals surface area (Å²) in [5.41, 5.74) is 0.396. The van der Waals surface area contributed by atoms with Crippen molar-refractivity contribution in [3.63, 3.8) is 0 Å². The Kier molecular flexibility index (Phi) is 3.93. The van der Waals surface area contributed by atoms with Crippen molar-refractivity contribution in [1.29, 1.82) is 0 Å². The molecule has 0 radical (unpaired) electrons. The van der Waals surface area contributed by atoms with Gasteiger partial charge in [0.15, 0.2) is 11.5 Å². The fourth-order valence-electron chi connectivity index (χ4n) is 1.60. The Hall–Kier alpha value is -1.77. The maximum Gasteiger partial charge on any atom is 0.332 e. The molecule has 2 rings (SSSR count). The molecule has 1 aromatic carbocycles. The summed E-state index contributed by atoms with van der Waals surface area (Å²) >= 11 is 2.01. The fourth-order valence-corrected chi connectivity index (χ4v) is 2.36. The molecule has 100 valence electrons. The molecule has 0 aromatic heterocycles. The number of carboxylic acids is 2. The van der Waals surface area contributed by atoms with Crippen LogP contribution in [0.15, 0.2) is 17.7 Å². The van der Waals surface area contributed by atoms with E-state index >= 15 is 0 Å². The fraction of sp³-hybridized carbons (Fsp3) is 0.167. The van der Waals surface area contributed by atoms with Crippen LogP contribution in [0.3, 0.4) is 0 Å². The van der Waals surface area contributed by atoms with Crippen LogP contribution in [-0.4, -0.2) is 28.9 Å². The minimum atomic E-state index is -1.25. The zero-order chi connectivity index (χ0) is 14.0. The third kappa shape index (κ3) is 2.98. The van der Waals surface area contributed by atoms with Crippen LogP contribution < -0.4 is 9.47 Å². The molecular formula is C12H9IO6. The van der Waals surface area contributed by atoms with Gasteiger partial charge < -0.3 is 19.7 Å². The van der Waals surface area contributed by atoms with Crippen LogP contribution in [0.25, 0.3) is 6.08 Å². The van der Waals surface area contributed by atoms with E-state index < -0.39 is 18.4 Å². The van der Waals surface area contributed by atoms with Gasteiger partial charge in [0.2, 0.25) is 6.79 Å². The largest absolute Gasteiger partial charge is 0.481 e. The van der Waals surface area contributed by atoms with E-state index in [0.717, 1.165) is 0 Å². The zero-order valence-electron chi connectivity index (χ0n) is 9.55. The van der Waals surface area contributed by atoms with Gasteiger partial charge in [-0.1, -0.05) is 0 Å². The molecule has 0 aliphatic carbocycles. The summed E-state index contributed by atoms with van der Waals surface area (Å²) in [5, 5.41) is 17.7. The summed E-state index contributed by atoms with van der Waals surface area (Å²) < 4.78 is 11.2. The highest BCUT2D eigenvalue weighted by atomic mass is 127. The molecule has 0 atom stereocenters. The van der Waals surface area contributed by atoms with Crippen molar-refractivity contribution in [1.82, 2.24) is 0 Å². The zero-order valence-corrected chi connectivity index (χ0v) is 11.7.